The highest BCUT2D eigenvalue weighted by molar-refractivity contribution is 6.30. The predicted molar refractivity (Wildman–Crippen MR) is 82.6 cm³/mol. The number of aromatic nitrogens is 4. The van der Waals surface area contributed by atoms with E-state index in [0.717, 1.165) is 28.2 Å². The summed E-state index contributed by atoms with van der Waals surface area (Å²) in [6, 6.07) is 7.50. The van der Waals surface area contributed by atoms with Crippen LogP contribution >= 0.6 is 11.6 Å². The van der Waals surface area contributed by atoms with Crippen molar-refractivity contribution in [3.8, 4) is 22.5 Å². The van der Waals surface area contributed by atoms with Crippen molar-refractivity contribution in [2.75, 3.05) is 0 Å². The van der Waals surface area contributed by atoms with Gasteiger partial charge < -0.3 is 5.73 Å². The van der Waals surface area contributed by atoms with E-state index in [1.54, 1.807) is 17.1 Å². The lowest BCUT2D eigenvalue weighted by molar-refractivity contribution is 0.768. The molecule has 0 aliphatic heterocycles. The van der Waals surface area contributed by atoms with Crippen LogP contribution in [0, 0.1) is 0 Å². The highest BCUT2D eigenvalue weighted by Crippen LogP contribution is 2.25. The van der Waals surface area contributed by atoms with E-state index >= 15 is 0 Å². The molecule has 0 atom stereocenters. The van der Waals surface area contributed by atoms with E-state index < -0.39 is 0 Å². The number of nitrogens with two attached hydrogens (primary N) is 1. The highest BCUT2D eigenvalue weighted by Gasteiger charge is 2.11. The maximum atomic E-state index is 5.91. The smallest absolute Gasteiger partial charge is 0.0969 e. The molecule has 0 amide bonds. The first-order chi connectivity index (χ1) is 10.2. The zero-order valence-corrected chi connectivity index (χ0v) is 12.2. The van der Waals surface area contributed by atoms with E-state index in [4.69, 9.17) is 17.3 Å². The summed E-state index contributed by atoms with van der Waals surface area (Å²) in [6.45, 7) is 0.331. The van der Waals surface area contributed by atoms with Crippen LogP contribution in [0.2, 0.25) is 5.02 Å². The van der Waals surface area contributed by atoms with Crippen molar-refractivity contribution in [1.82, 2.24) is 19.7 Å². The number of rotatable bonds is 3. The van der Waals surface area contributed by atoms with Gasteiger partial charge in [-0.05, 0) is 12.1 Å². The molecular weight excluding hydrogens is 286 g/mol. The lowest BCUT2D eigenvalue weighted by Crippen LogP contribution is -2.04. The van der Waals surface area contributed by atoms with Crippen LogP contribution in [0.15, 0.2) is 42.9 Å². The van der Waals surface area contributed by atoms with Crippen LogP contribution in [0.5, 0.6) is 0 Å². The Kier molecular flexibility index (Phi) is 3.68. The summed E-state index contributed by atoms with van der Waals surface area (Å²) in [4.78, 5) is 9.11. The van der Waals surface area contributed by atoms with Crippen molar-refractivity contribution in [2.24, 2.45) is 12.8 Å². The fraction of sp³-hybridized carbons (Fsp3) is 0.133. The molecule has 2 N–H and O–H groups in total. The van der Waals surface area contributed by atoms with Crippen molar-refractivity contribution in [3.63, 3.8) is 0 Å². The molecule has 0 saturated carbocycles. The van der Waals surface area contributed by atoms with Crippen LogP contribution in [0.3, 0.4) is 0 Å². The lowest BCUT2D eigenvalue weighted by atomic mass is 10.1. The number of nitrogens with zero attached hydrogens (tertiary/aromatic N) is 4. The molecule has 0 spiro atoms. The van der Waals surface area contributed by atoms with Gasteiger partial charge in [-0.1, -0.05) is 23.7 Å². The molecule has 0 saturated heterocycles. The number of halogens is 1. The molecular formula is C15H14ClN5. The van der Waals surface area contributed by atoms with Crippen molar-refractivity contribution in [3.05, 3.63) is 53.6 Å². The van der Waals surface area contributed by atoms with Gasteiger partial charge >= 0.3 is 0 Å². The van der Waals surface area contributed by atoms with Crippen LogP contribution in [0.25, 0.3) is 22.5 Å². The summed E-state index contributed by atoms with van der Waals surface area (Å²) in [5.41, 5.74) is 9.91. The second kappa shape index (κ2) is 5.63. The molecule has 21 heavy (non-hydrogen) atoms. The Bertz CT molecular complexity index is 764. The number of aryl methyl sites for hydroxylation is 1. The molecule has 0 aliphatic carbocycles. The fourth-order valence-electron chi connectivity index (χ4n) is 2.10. The quantitative estimate of drug-likeness (QED) is 0.807. The Morgan fingerprint density at radius 2 is 1.90 bits per heavy atom. The SMILES string of the molecule is Cn1cc(-c2nc(-c3ccc(Cl)cc3)cnc2CN)cn1. The highest BCUT2D eigenvalue weighted by atomic mass is 35.5. The third-order valence-electron chi connectivity index (χ3n) is 3.16. The molecule has 6 heteroatoms. The summed E-state index contributed by atoms with van der Waals surface area (Å²) >= 11 is 5.91. The topological polar surface area (TPSA) is 69.6 Å². The molecule has 0 unspecified atom stereocenters. The first kappa shape index (κ1) is 13.7. The summed E-state index contributed by atoms with van der Waals surface area (Å²) in [6.07, 6.45) is 5.38. The Hall–Kier alpha value is -2.24. The molecule has 1 aromatic carbocycles. The van der Waals surface area contributed by atoms with Crippen LogP contribution < -0.4 is 5.73 Å². The third-order valence-corrected chi connectivity index (χ3v) is 3.41. The van der Waals surface area contributed by atoms with E-state index in [0.29, 0.717) is 11.6 Å². The summed E-state index contributed by atoms with van der Waals surface area (Å²) in [7, 11) is 1.86. The van der Waals surface area contributed by atoms with Crippen molar-refractivity contribution >= 4 is 11.6 Å². The Balaban J connectivity index is 2.10. The summed E-state index contributed by atoms with van der Waals surface area (Å²) in [5, 5.41) is 4.87. The molecule has 106 valence electrons. The van der Waals surface area contributed by atoms with Gasteiger partial charge in [-0.15, -0.1) is 0 Å². The van der Waals surface area contributed by atoms with E-state index in [9.17, 15) is 0 Å². The Morgan fingerprint density at radius 1 is 1.14 bits per heavy atom. The Morgan fingerprint density at radius 3 is 2.52 bits per heavy atom. The van der Waals surface area contributed by atoms with Gasteiger partial charge in [0.1, 0.15) is 0 Å². The molecule has 2 aromatic heterocycles. The largest absolute Gasteiger partial charge is 0.325 e. The molecule has 0 fully saturated rings. The van der Waals surface area contributed by atoms with E-state index in [2.05, 4.69) is 15.1 Å². The van der Waals surface area contributed by atoms with Gasteiger partial charge in [-0.2, -0.15) is 5.10 Å². The standard InChI is InChI=1S/C15H14ClN5/c1-21-9-11(7-19-21)15-13(6-17)18-8-14(20-15)10-2-4-12(16)5-3-10/h2-5,7-9H,6,17H2,1H3. The van der Waals surface area contributed by atoms with Gasteiger partial charge in [0, 0.05) is 35.9 Å². The normalized spacial score (nSPS) is 10.8. The number of hydrogen-bond acceptors (Lipinski definition) is 4. The molecule has 0 radical (unpaired) electrons. The first-order valence-electron chi connectivity index (χ1n) is 6.48. The predicted octanol–water partition coefficient (Wildman–Crippen LogP) is 2.66. The monoisotopic (exact) mass is 299 g/mol. The van der Waals surface area contributed by atoms with E-state index in [-0.39, 0.29) is 0 Å². The van der Waals surface area contributed by atoms with Gasteiger partial charge in [0.2, 0.25) is 0 Å². The fourth-order valence-corrected chi connectivity index (χ4v) is 2.22. The average Bonchev–Trinajstić information content (AvgIpc) is 2.94. The molecule has 3 rings (SSSR count). The number of benzene rings is 1. The third kappa shape index (κ3) is 2.79. The van der Waals surface area contributed by atoms with Crippen LogP contribution in [-0.4, -0.2) is 19.7 Å². The molecule has 0 aliphatic rings. The van der Waals surface area contributed by atoms with Crippen LogP contribution in [0.1, 0.15) is 5.69 Å². The van der Waals surface area contributed by atoms with E-state index in [1.807, 2.05) is 37.5 Å². The minimum Gasteiger partial charge on any atom is -0.325 e. The lowest BCUT2D eigenvalue weighted by Gasteiger charge is -2.07. The zero-order valence-electron chi connectivity index (χ0n) is 11.5. The van der Waals surface area contributed by atoms with Gasteiger partial charge in [-0.25, -0.2) is 4.98 Å². The van der Waals surface area contributed by atoms with Gasteiger partial charge in [0.25, 0.3) is 0 Å². The molecule has 3 aromatic rings. The van der Waals surface area contributed by atoms with Crippen molar-refractivity contribution in [1.29, 1.82) is 0 Å². The Labute approximate surface area is 127 Å². The number of hydrogen-bond donors (Lipinski definition) is 1. The van der Waals surface area contributed by atoms with E-state index in [1.165, 1.54) is 0 Å². The average molecular weight is 300 g/mol. The maximum absolute atomic E-state index is 5.91. The summed E-state index contributed by atoms with van der Waals surface area (Å²) in [5.74, 6) is 0. The van der Waals surface area contributed by atoms with Gasteiger partial charge in [0.15, 0.2) is 0 Å². The van der Waals surface area contributed by atoms with Crippen molar-refractivity contribution < 1.29 is 0 Å². The first-order valence-corrected chi connectivity index (χ1v) is 6.86. The second-order valence-electron chi connectivity index (χ2n) is 4.66. The van der Waals surface area contributed by atoms with Crippen molar-refractivity contribution in [2.45, 2.75) is 6.54 Å². The van der Waals surface area contributed by atoms with Crippen LogP contribution in [0.4, 0.5) is 0 Å². The maximum Gasteiger partial charge on any atom is 0.0969 e. The van der Waals surface area contributed by atoms with Crippen LogP contribution in [-0.2, 0) is 13.6 Å². The molecule has 0 bridgehead atoms. The van der Waals surface area contributed by atoms with Gasteiger partial charge in [-0.3, -0.25) is 9.67 Å². The molecule has 2 heterocycles. The zero-order chi connectivity index (χ0) is 14.8. The second-order valence-corrected chi connectivity index (χ2v) is 5.10. The summed E-state index contributed by atoms with van der Waals surface area (Å²) < 4.78 is 1.73. The molecule has 5 nitrogen and oxygen atoms in total. The minimum absolute atomic E-state index is 0.331. The minimum atomic E-state index is 0.331. The van der Waals surface area contributed by atoms with Gasteiger partial charge in [0.05, 0.1) is 29.5 Å².